The number of thiazole rings is 1. The van der Waals surface area contributed by atoms with Crippen molar-refractivity contribution < 1.29 is 19.4 Å². The molecule has 1 unspecified atom stereocenters. The number of aromatic carboxylic acids is 1. The van der Waals surface area contributed by atoms with Crippen molar-refractivity contribution in [2.45, 2.75) is 64.1 Å². The van der Waals surface area contributed by atoms with Gasteiger partial charge in [0.1, 0.15) is 6.10 Å². The molecule has 23 heavy (non-hydrogen) atoms. The van der Waals surface area contributed by atoms with Gasteiger partial charge in [-0.2, -0.15) is 0 Å². The van der Waals surface area contributed by atoms with Gasteiger partial charge in [0.25, 0.3) is 0 Å². The fraction of sp³-hybridized carbons (Fsp3) is 0.688. The molecule has 0 bridgehead atoms. The van der Waals surface area contributed by atoms with Crippen molar-refractivity contribution in [2.75, 3.05) is 6.54 Å². The van der Waals surface area contributed by atoms with Crippen molar-refractivity contribution in [3.8, 4) is 0 Å². The summed E-state index contributed by atoms with van der Waals surface area (Å²) in [5.41, 5.74) is 0.0587. The normalized spacial score (nSPS) is 16.9. The van der Waals surface area contributed by atoms with E-state index in [-0.39, 0.29) is 17.7 Å². The third kappa shape index (κ3) is 5.58. The average Bonchev–Trinajstić information content (AvgIpc) is 3.02. The zero-order valence-corrected chi connectivity index (χ0v) is 14.2. The van der Waals surface area contributed by atoms with Crippen LogP contribution in [0.5, 0.6) is 0 Å². The topological polar surface area (TPSA) is 88.5 Å². The largest absolute Gasteiger partial charge is 0.476 e. The predicted molar refractivity (Wildman–Crippen MR) is 87.8 cm³/mol. The van der Waals surface area contributed by atoms with Crippen LogP contribution in [-0.4, -0.2) is 40.7 Å². The summed E-state index contributed by atoms with van der Waals surface area (Å²) in [5, 5.41) is 13.9. The van der Waals surface area contributed by atoms with Gasteiger partial charge < -0.3 is 15.2 Å². The van der Waals surface area contributed by atoms with E-state index in [2.05, 4.69) is 10.3 Å². The lowest BCUT2D eigenvalue weighted by Crippen LogP contribution is -2.39. The van der Waals surface area contributed by atoms with Gasteiger partial charge in [0.15, 0.2) is 5.69 Å². The first-order valence-electron chi connectivity index (χ1n) is 8.21. The summed E-state index contributed by atoms with van der Waals surface area (Å²) in [5.74, 6) is -1.11. The smallest absolute Gasteiger partial charge is 0.355 e. The lowest BCUT2D eigenvalue weighted by atomic mass is 9.97. The van der Waals surface area contributed by atoms with E-state index in [0.29, 0.717) is 24.4 Å². The molecule has 1 saturated carbocycles. The monoisotopic (exact) mass is 340 g/mol. The van der Waals surface area contributed by atoms with Crippen LogP contribution in [0.25, 0.3) is 0 Å². The van der Waals surface area contributed by atoms with Crippen LogP contribution >= 0.6 is 11.3 Å². The first kappa shape index (κ1) is 17.9. The first-order chi connectivity index (χ1) is 11.1. The summed E-state index contributed by atoms with van der Waals surface area (Å²) in [4.78, 5) is 27.0. The third-order valence-electron chi connectivity index (χ3n) is 3.98. The van der Waals surface area contributed by atoms with Crippen molar-refractivity contribution in [1.82, 2.24) is 10.3 Å². The highest BCUT2D eigenvalue weighted by molar-refractivity contribution is 7.09. The Kier molecular flexibility index (Phi) is 6.98. The number of hydrogen-bond acceptors (Lipinski definition) is 5. The highest BCUT2D eigenvalue weighted by Gasteiger charge is 2.23. The number of carboxylic acids is 1. The maximum atomic E-state index is 12.2. The van der Waals surface area contributed by atoms with Crippen molar-refractivity contribution in [3.05, 3.63) is 16.1 Å². The van der Waals surface area contributed by atoms with Crippen LogP contribution in [0.3, 0.4) is 0 Å². The van der Waals surface area contributed by atoms with Crippen molar-refractivity contribution in [1.29, 1.82) is 0 Å². The molecular formula is C16H24N2O4S. The number of amides is 1. The van der Waals surface area contributed by atoms with Crippen LogP contribution in [-0.2, 0) is 16.0 Å². The summed E-state index contributed by atoms with van der Waals surface area (Å²) in [6, 6.07) is 0. The fourth-order valence-corrected chi connectivity index (χ4v) is 3.48. The molecule has 1 aliphatic rings. The molecule has 1 aromatic heterocycles. The van der Waals surface area contributed by atoms with Crippen LogP contribution in [0.2, 0.25) is 0 Å². The van der Waals surface area contributed by atoms with Crippen molar-refractivity contribution in [2.24, 2.45) is 0 Å². The van der Waals surface area contributed by atoms with Gasteiger partial charge in [-0.25, -0.2) is 9.78 Å². The van der Waals surface area contributed by atoms with Gasteiger partial charge in [-0.05, 0) is 19.3 Å². The molecule has 2 rings (SSSR count). The molecule has 0 aromatic carbocycles. The van der Waals surface area contributed by atoms with Gasteiger partial charge in [0, 0.05) is 18.3 Å². The molecule has 0 spiro atoms. The Morgan fingerprint density at radius 3 is 2.78 bits per heavy atom. The molecule has 1 aromatic rings. The zero-order chi connectivity index (χ0) is 16.7. The third-order valence-corrected chi connectivity index (χ3v) is 4.89. The molecule has 0 saturated heterocycles. The Morgan fingerprint density at radius 2 is 2.17 bits per heavy atom. The summed E-state index contributed by atoms with van der Waals surface area (Å²) in [6.07, 6.45) is 6.70. The second-order valence-corrected chi connectivity index (χ2v) is 6.71. The lowest BCUT2D eigenvalue weighted by Gasteiger charge is -2.26. The quantitative estimate of drug-likeness (QED) is 0.759. The number of aromatic nitrogens is 1. The van der Waals surface area contributed by atoms with E-state index in [4.69, 9.17) is 9.84 Å². The summed E-state index contributed by atoms with van der Waals surface area (Å²) < 4.78 is 5.94. The first-order valence-corrected chi connectivity index (χ1v) is 9.09. The van der Waals surface area contributed by atoms with Crippen molar-refractivity contribution in [3.63, 3.8) is 0 Å². The van der Waals surface area contributed by atoms with Crippen molar-refractivity contribution >= 4 is 23.2 Å². The minimum absolute atomic E-state index is 0.0587. The predicted octanol–water partition coefficient (Wildman–Crippen LogP) is 2.63. The lowest BCUT2D eigenvalue weighted by molar-refractivity contribution is -0.138. The van der Waals surface area contributed by atoms with Gasteiger partial charge in [-0.3, -0.25) is 4.79 Å². The van der Waals surface area contributed by atoms with Gasteiger partial charge in [0.2, 0.25) is 5.91 Å². The summed E-state index contributed by atoms with van der Waals surface area (Å²) in [6.45, 7) is 2.39. The number of nitrogens with zero attached hydrogens (tertiary/aromatic N) is 1. The van der Waals surface area contributed by atoms with E-state index in [1.165, 1.54) is 36.0 Å². The number of ether oxygens (including phenoxy) is 1. The number of carbonyl (C=O) groups excluding carboxylic acids is 1. The fourth-order valence-electron chi connectivity index (χ4n) is 2.71. The van der Waals surface area contributed by atoms with Crippen LogP contribution in [0, 0.1) is 0 Å². The molecule has 1 aliphatic carbocycles. The van der Waals surface area contributed by atoms with Crippen LogP contribution in [0.15, 0.2) is 5.38 Å². The Labute approximate surface area is 140 Å². The molecule has 2 N–H and O–H groups in total. The number of rotatable bonds is 8. The van der Waals surface area contributed by atoms with Crippen LogP contribution in [0.4, 0.5) is 0 Å². The van der Waals surface area contributed by atoms with E-state index in [9.17, 15) is 9.59 Å². The molecule has 128 valence electrons. The maximum absolute atomic E-state index is 12.2. The molecule has 6 nitrogen and oxygen atoms in total. The van der Waals surface area contributed by atoms with Crippen LogP contribution < -0.4 is 5.32 Å². The number of carboxylic acid groups (broad SMARTS) is 1. The molecule has 1 amide bonds. The minimum Gasteiger partial charge on any atom is -0.476 e. The molecule has 1 fully saturated rings. The summed E-state index contributed by atoms with van der Waals surface area (Å²) >= 11 is 1.30. The van der Waals surface area contributed by atoms with E-state index in [1.807, 2.05) is 6.92 Å². The summed E-state index contributed by atoms with van der Waals surface area (Å²) in [7, 11) is 0. The molecular weight excluding hydrogens is 316 g/mol. The maximum Gasteiger partial charge on any atom is 0.355 e. The van der Waals surface area contributed by atoms with Gasteiger partial charge in [-0.1, -0.05) is 26.2 Å². The van der Waals surface area contributed by atoms with Crippen LogP contribution in [0.1, 0.15) is 60.9 Å². The molecule has 1 heterocycles. The van der Waals surface area contributed by atoms with E-state index in [1.54, 1.807) is 0 Å². The zero-order valence-electron chi connectivity index (χ0n) is 13.4. The van der Waals surface area contributed by atoms with E-state index < -0.39 is 12.1 Å². The highest BCUT2D eigenvalue weighted by Crippen LogP contribution is 2.22. The second-order valence-electron chi connectivity index (χ2n) is 5.77. The van der Waals surface area contributed by atoms with E-state index in [0.717, 1.165) is 12.8 Å². The standard InChI is InChI=1S/C16H24N2O4S/c1-2-13(22-11-6-4-3-5-7-11)15(19)17-9-8-14-18-12(10-23-14)16(20)21/h10-11,13H,2-9H2,1H3,(H,17,19)(H,20,21). The Morgan fingerprint density at radius 1 is 1.43 bits per heavy atom. The molecule has 0 aliphatic heterocycles. The van der Waals surface area contributed by atoms with E-state index >= 15 is 0 Å². The molecule has 7 heteroatoms. The SMILES string of the molecule is CCC(OC1CCCCC1)C(=O)NCCc1nc(C(=O)O)cs1. The van der Waals surface area contributed by atoms with Gasteiger partial charge >= 0.3 is 5.97 Å². The average molecular weight is 340 g/mol. The number of hydrogen-bond donors (Lipinski definition) is 2. The second kappa shape index (κ2) is 8.98. The molecule has 0 radical (unpaired) electrons. The highest BCUT2D eigenvalue weighted by atomic mass is 32.1. The number of carbonyl (C=O) groups is 2. The minimum atomic E-state index is -1.02. The Balaban J connectivity index is 1.74. The number of nitrogens with one attached hydrogen (secondary N) is 1. The Bertz CT molecular complexity index is 526. The Hall–Kier alpha value is -1.47. The molecule has 1 atom stereocenters. The van der Waals surface area contributed by atoms with Gasteiger partial charge in [0.05, 0.1) is 11.1 Å². The van der Waals surface area contributed by atoms with Gasteiger partial charge in [-0.15, -0.1) is 11.3 Å².